The summed E-state index contributed by atoms with van der Waals surface area (Å²) >= 11 is 0. The molecule has 1 amide bonds. The summed E-state index contributed by atoms with van der Waals surface area (Å²) in [6.45, 7) is 1.79. The number of carbonyl (C=O) groups is 1. The molecule has 2 aromatic rings. The normalized spacial score (nSPS) is 17.8. The Morgan fingerprint density at radius 2 is 2.14 bits per heavy atom. The van der Waals surface area contributed by atoms with Crippen LogP contribution >= 0.6 is 12.4 Å². The van der Waals surface area contributed by atoms with E-state index in [4.69, 9.17) is 0 Å². The van der Waals surface area contributed by atoms with Gasteiger partial charge in [0.2, 0.25) is 0 Å². The van der Waals surface area contributed by atoms with Gasteiger partial charge in [0.1, 0.15) is 0 Å². The predicted molar refractivity (Wildman–Crippen MR) is 89.8 cm³/mol. The van der Waals surface area contributed by atoms with Crippen LogP contribution in [0.1, 0.15) is 23.2 Å². The Morgan fingerprint density at radius 3 is 2.86 bits per heavy atom. The van der Waals surface area contributed by atoms with Gasteiger partial charge < -0.3 is 15.2 Å². The highest BCUT2D eigenvalue weighted by atomic mass is 35.5. The zero-order valence-corrected chi connectivity index (χ0v) is 13.3. The van der Waals surface area contributed by atoms with Crippen molar-refractivity contribution in [2.45, 2.75) is 18.9 Å². The van der Waals surface area contributed by atoms with Crippen LogP contribution in [0.3, 0.4) is 0 Å². The summed E-state index contributed by atoms with van der Waals surface area (Å²) in [6.07, 6.45) is 2.03. The maximum atomic E-state index is 12.5. The van der Waals surface area contributed by atoms with Crippen LogP contribution in [0.25, 0.3) is 10.9 Å². The number of aryl methyl sites for hydroxylation is 1. The molecule has 1 saturated heterocycles. The zero-order valence-electron chi connectivity index (χ0n) is 12.5. The van der Waals surface area contributed by atoms with Gasteiger partial charge in [-0.05, 0) is 25.5 Å². The van der Waals surface area contributed by atoms with Crippen LogP contribution in [-0.2, 0) is 7.05 Å². The van der Waals surface area contributed by atoms with Crippen molar-refractivity contribution in [2.75, 3.05) is 13.1 Å². The molecule has 0 unspecified atom stereocenters. The fourth-order valence-corrected chi connectivity index (χ4v) is 2.84. The first kappa shape index (κ1) is 16.5. The molecule has 0 spiro atoms. The van der Waals surface area contributed by atoms with Gasteiger partial charge >= 0.3 is 0 Å². The number of carbonyl (C=O) groups excluding carboxylic acids is 1. The highest BCUT2D eigenvalue weighted by Gasteiger charge is 2.18. The van der Waals surface area contributed by atoms with Crippen LogP contribution in [0.15, 0.2) is 35.1 Å². The molecule has 22 heavy (non-hydrogen) atoms. The Morgan fingerprint density at radius 1 is 1.36 bits per heavy atom. The average molecular weight is 322 g/mol. The van der Waals surface area contributed by atoms with Crippen molar-refractivity contribution in [3.8, 4) is 0 Å². The number of fused-ring (bicyclic) bond motifs is 1. The third-order valence-corrected chi connectivity index (χ3v) is 4.03. The second-order valence-electron chi connectivity index (χ2n) is 5.49. The lowest BCUT2D eigenvalue weighted by Crippen LogP contribution is -2.45. The van der Waals surface area contributed by atoms with E-state index in [9.17, 15) is 9.59 Å². The molecule has 1 aliphatic rings. The fraction of sp³-hybridized carbons (Fsp3) is 0.375. The van der Waals surface area contributed by atoms with Gasteiger partial charge in [-0.1, -0.05) is 18.2 Å². The lowest BCUT2D eigenvalue weighted by molar-refractivity contribution is 0.0932. The summed E-state index contributed by atoms with van der Waals surface area (Å²) in [6, 6.07) is 9.04. The number of pyridine rings is 1. The average Bonchev–Trinajstić information content (AvgIpc) is 2.52. The van der Waals surface area contributed by atoms with Gasteiger partial charge in [-0.2, -0.15) is 0 Å². The van der Waals surface area contributed by atoms with Gasteiger partial charge in [-0.25, -0.2) is 0 Å². The number of para-hydroxylation sites is 1. The molecule has 0 saturated carbocycles. The van der Waals surface area contributed by atoms with Gasteiger partial charge in [0.15, 0.2) is 0 Å². The van der Waals surface area contributed by atoms with Gasteiger partial charge in [-0.3, -0.25) is 9.59 Å². The molecule has 1 aromatic heterocycles. The zero-order chi connectivity index (χ0) is 14.8. The van der Waals surface area contributed by atoms with Crippen molar-refractivity contribution in [3.05, 3.63) is 46.2 Å². The maximum Gasteiger partial charge on any atom is 0.252 e. The smallest absolute Gasteiger partial charge is 0.252 e. The topological polar surface area (TPSA) is 63.1 Å². The van der Waals surface area contributed by atoms with Crippen LogP contribution in [0, 0.1) is 0 Å². The largest absolute Gasteiger partial charge is 0.348 e. The number of benzene rings is 1. The van der Waals surface area contributed by atoms with E-state index in [-0.39, 0.29) is 29.9 Å². The van der Waals surface area contributed by atoms with E-state index in [0.717, 1.165) is 36.8 Å². The Hall–Kier alpha value is -1.85. The van der Waals surface area contributed by atoms with Gasteiger partial charge in [0, 0.05) is 31.1 Å². The van der Waals surface area contributed by atoms with Gasteiger partial charge in [0.25, 0.3) is 11.5 Å². The molecule has 1 aromatic carbocycles. The first-order chi connectivity index (χ1) is 10.2. The van der Waals surface area contributed by atoms with E-state index in [1.54, 1.807) is 11.6 Å². The molecule has 2 N–H and O–H groups in total. The molecule has 1 aliphatic heterocycles. The van der Waals surface area contributed by atoms with Crippen molar-refractivity contribution in [1.82, 2.24) is 15.2 Å². The molecule has 0 radical (unpaired) electrons. The van der Waals surface area contributed by atoms with Crippen LogP contribution in [0.2, 0.25) is 0 Å². The number of halogens is 1. The molecule has 2 heterocycles. The number of aromatic nitrogens is 1. The van der Waals surface area contributed by atoms with E-state index in [2.05, 4.69) is 10.6 Å². The van der Waals surface area contributed by atoms with Crippen molar-refractivity contribution in [2.24, 2.45) is 7.05 Å². The molecule has 1 atom stereocenters. The number of nitrogens with one attached hydrogen (secondary N) is 2. The van der Waals surface area contributed by atoms with E-state index in [1.165, 1.54) is 6.07 Å². The Balaban J connectivity index is 0.00000176. The summed E-state index contributed by atoms with van der Waals surface area (Å²) in [5, 5.41) is 7.10. The van der Waals surface area contributed by atoms with E-state index >= 15 is 0 Å². The predicted octanol–water partition coefficient (Wildman–Crippen LogP) is 1.44. The highest BCUT2D eigenvalue weighted by Crippen LogP contribution is 2.16. The number of hydrogen-bond acceptors (Lipinski definition) is 3. The first-order valence-electron chi connectivity index (χ1n) is 7.27. The SMILES string of the molecule is Cl.Cn1c(=O)cc(C(=O)N[C@H]2CCCNC2)c2ccccc21. The van der Waals surface area contributed by atoms with Crippen LogP contribution in [-0.4, -0.2) is 29.6 Å². The molecular weight excluding hydrogens is 302 g/mol. The minimum Gasteiger partial charge on any atom is -0.348 e. The van der Waals surface area contributed by atoms with E-state index < -0.39 is 0 Å². The minimum absolute atomic E-state index is 0. The lowest BCUT2D eigenvalue weighted by atomic mass is 10.0. The molecule has 3 rings (SSSR count). The highest BCUT2D eigenvalue weighted by molar-refractivity contribution is 6.06. The van der Waals surface area contributed by atoms with Crippen molar-refractivity contribution in [3.63, 3.8) is 0 Å². The number of hydrogen-bond donors (Lipinski definition) is 2. The Bertz CT molecular complexity index is 736. The van der Waals surface area contributed by atoms with Crippen LogP contribution in [0.4, 0.5) is 0 Å². The summed E-state index contributed by atoms with van der Waals surface area (Å²) in [7, 11) is 1.72. The fourth-order valence-electron chi connectivity index (χ4n) is 2.84. The van der Waals surface area contributed by atoms with Crippen molar-refractivity contribution < 1.29 is 4.79 Å². The summed E-state index contributed by atoms with van der Waals surface area (Å²) in [5.41, 5.74) is 1.07. The summed E-state index contributed by atoms with van der Waals surface area (Å²) in [5.74, 6) is -0.169. The molecule has 118 valence electrons. The Kier molecular flexibility index (Phi) is 5.21. The third-order valence-electron chi connectivity index (χ3n) is 4.03. The monoisotopic (exact) mass is 321 g/mol. The summed E-state index contributed by atoms with van der Waals surface area (Å²) in [4.78, 5) is 24.5. The van der Waals surface area contributed by atoms with E-state index in [1.807, 2.05) is 24.3 Å². The second-order valence-corrected chi connectivity index (χ2v) is 5.49. The molecule has 6 heteroatoms. The number of nitrogens with zero attached hydrogens (tertiary/aromatic N) is 1. The number of rotatable bonds is 2. The van der Waals surface area contributed by atoms with Crippen LogP contribution < -0.4 is 16.2 Å². The maximum absolute atomic E-state index is 12.5. The molecule has 1 fully saturated rings. The number of amides is 1. The Labute approximate surface area is 135 Å². The lowest BCUT2D eigenvalue weighted by Gasteiger charge is -2.24. The van der Waals surface area contributed by atoms with Gasteiger partial charge in [0.05, 0.1) is 11.1 Å². The second kappa shape index (κ2) is 6.94. The summed E-state index contributed by atoms with van der Waals surface area (Å²) < 4.78 is 1.56. The van der Waals surface area contributed by atoms with Crippen LogP contribution in [0.5, 0.6) is 0 Å². The molecule has 0 aliphatic carbocycles. The molecular formula is C16H20ClN3O2. The third kappa shape index (κ3) is 3.15. The van der Waals surface area contributed by atoms with Crippen molar-refractivity contribution in [1.29, 1.82) is 0 Å². The van der Waals surface area contributed by atoms with Crippen molar-refractivity contribution >= 4 is 29.2 Å². The first-order valence-corrected chi connectivity index (χ1v) is 7.27. The van der Waals surface area contributed by atoms with Gasteiger partial charge in [-0.15, -0.1) is 12.4 Å². The molecule has 0 bridgehead atoms. The minimum atomic E-state index is -0.169. The quantitative estimate of drug-likeness (QED) is 0.880. The number of piperidine rings is 1. The standard InChI is InChI=1S/C16H19N3O2.ClH/c1-19-14-7-3-2-6-12(14)13(9-15(19)20)16(21)18-11-5-4-8-17-10-11;/h2-3,6-7,9,11,17H,4-5,8,10H2,1H3,(H,18,21);1H/t11-;/m0./s1. The van der Waals surface area contributed by atoms with E-state index in [0.29, 0.717) is 5.56 Å². The molecule has 5 nitrogen and oxygen atoms in total.